The molecule has 0 atom stereocenters. The molecule has 19 heavy (non-hydrogen) atoms. The van der Waals surface area contributed by atoms with Gasteiger partial charge in [-0.2, -0.15) is 0 Å². The first-order chi connectivity index (χ1) is 8.79. The fourth-order valence-electron chi connectivity index (χ4n) is 2.28. The summed E-state index contributed by atoms with van der Waals surface area (Å²) in [6.45, 7) is 11.3. The zero-order valence-corrected chi connectivity index (χ0v) is 12.4. The Morgan fingerprint density at radius 2 is 1.84 bits per heavy atom. The van der Waals surface area contributed by atoms with E-state index in [1.54, 1.807) is 0 Å². The molecule has 1 aromatic carbocycles. The lowest BCUT2D eigenvalue weighted by Gasteiger charge is -2.20. The van der Waals surface area contributed by atoms with E-state index in [1.165, 1.54) is 16.7 Å². The number of nitrogens with two attached hydrogens (primary N) is 1. The van der Waals surface area contributed by atoms with Gasteiger partial charge in [-0.05, 0) is 30.5 Å². The largest absolute Gasteiger partial charge is 0.381 e. The van der Waals surface area contributed by atoms with E-state index in [1.807, 2.05) is 4.68 Å². The summed E-state index contributed by atoms with van der Waals surface area (Å²) < 4.78 is 1.90. The Morgan fingerprint density at radius 1 is 1.16 bits per heavy atom. The van der Waals surface area contributed by atoms with Gasteiger partial charge in [0, 0.05) is 5.41 Å². The van der Waals surface area contributed by atoms with E-state index in [4.69, 9.17) is 5.73 Å². The molecule has 1 heterocycles. The molecule has 0 saturated carbocycles. The van der Waals surface area contributed by atoms with Crippen LogP contribution in [0.1, 0.15) is 43.2 Å². The van der Waals surface area contributed by atoms with Gasteiger partial charge in [0.2, 0.25) is 0 Å². The number of nitrogen functional groups attached to an aromatic ring is 1. The highest BCUT2D eigenvalue weighted by molar-refractivity contribution is 5.38. The first kappa shape index (κ1) is 13.6. The Balaban J connectivity index is 2.36. The van der Waals surface area contributed by atoms with Crippen molar-refractivity contribution in [3.8, 4) is 0 Å². The molecule has 0 saturated heterocycles. The van der Waals surface area contributed by atoms with Gasteiger partial charge in [-0.25, -0.2) is 4.68 Å². The van der Waals surface area contributed by atoms with Crippen LogP contribution in [0.25, 0.3) is 0 Å². The van der Waals surface area contributed by atoms with Crippen LogP contribution in [-0.2, 0) is 12.0 Å². The second kappa shape index (κ2) is 4.68. The molecule has 2 aromatic rings. The molecule has 0 unspecified atom stereocenters. The molecule has 0 amide bonds. The van der Waals surface area contributed by atoms with Crippen molar-refractivity contribution in [1.29, 1.82) is 0 Å². The molecule has 0 bridgehead atoms. The Labute approximate surface area is 114 Å². The molecule has 1 aromatic heterocycles. The lowest BCUT2D eigenvalue weighted by molar-refractivity contribution is 0.502. The zero-order chi connectivity index (χ0) is 14.2. The average molecular weight is 258 g/mol. The fourth-order valence-corrected chi connectivity index (χ4v) is 2.28. The van der Waals surface area contributed by atoms with Crippen LogP contribution in [0, 0.1) is 13.8 Å². The number of hydrogen-bond acceptors (Lipinski definition) is 3. The molecule has 0 radical (unpaired) electrons. The smallest absolute Gasteiger partial charge is 0.169 e. The Bertz CT molecular complexity index is 591. The summed E-state index contributed by atoms with van der Waals surface area (Å²) in [6, 6.07) is 6.47. The molecular formula is C15H22N4. The normalized spacial score (nSPS) is 11.8. The van der Waals surface area contributed by atoms with E-state index in [-0.39, 0.29) is 5.41 Å². The van der Waals surface area contributed by atoms with Crippen LogP contribution < -0.4 is 5.73 Å². The number of hydrogen-bond donors (Lipinski definition) is 1. The number of aromatic nitrogens is 3. The SMILES string of the molecule is Cc1ccc(Cn2nnc(N)c2C(C)(C)C)cc1C. The molecule has 102 valence electrons. The molecule has 2 N–H and O–H groups in total. The van der Waals surface area contributed by atoms with E-state index in [0.717, 1.165) is 5.69 Å². The maximum absolute atomic E-state index is 5.94. The quantitative estimate of drug-likeness (QED) is 0.901. The Morgan fingerprint density at radius 3 is 2.42 bits per heavy atom. The van der Waals surface area contributed by atoms with Crippen LogP contribution in [0.15, 0.2) is 18.2 Å². The first-order valence-corrected chi connectivity index (χ1v) is 6.54. The monoisotopic (exact) mass is 258 g/mol. The predicted molar refractivity (Wildman–Crippen MR) is 78.2 cm³/mol. The third-order valence-electron chi connectivity index (χ3n) is 3.38. The second-order valence-electron chi connectivity index (χ2n) is 6.15. The van der Waals surface area contributed by atoms with Crippen LogP contribution in [0.3, 0.4) is 0 Å². The van der Waals surface area contributed by atoms with Crippen LogP contribution in [0.4, 0.5) is 5.82 Å². The highest BCUT2D eigenvalue weighted by atomic mass is 15.4. The predicted octanol–water partition coefficient (Wildman–Crippen LogP) is 2.82. The number of rotatable bonds is 2. The van der Waals surface area contributed by atoms with E-state index in [2.05, 4.69) is 63.1 Å². The zero-order valence-electron chi connectivity index (χ0n) is 12.4. The van der Waals surface area contributed by atoms with Gasteiger partial charge in [0.1, 0.15) is 0 Å². The van der Waals surface area contributed by atoms with Crippen LogP contribution in [-0.4, -0.2) is 15.0 Å². The van der Waals surface area contributed by atoms with Crippen LogP contribution >= 0.6 is 0 Å². The van der Waals surface area contributed by atoms with Gasteiger partial charge >= 0.3 is 0 Å². The topological polar surface area (TPSA) is 56.7 Å². The minimum Gasteiger partial charge on any atom is -0.381 e. The highest BCUT2D eigenvalue weighted by Crippen LogP contribution is 2.26. The second-order valence-corrected chi connectivity index (χ2v) is 6.15. The van der Waals surface area contributed by atoms with Gasteiger partial charge in [0.25, 0.3) is 0 Å². The van der Waals surface area contributed by atoms with Crippen molar-refractivity contribution in [2.24, 2.45) is 0 Å². The minimum absolute atomic E-state index is 0.0622. The first-order valence-electron chi connectivity index (χ1n) is 6.54. The third kappa shape index (κ3) is 2.78. The summed E-state index contributed by atoms with van der Waals surface area (Å²) in [7, 11) is 0. The molecule has 0 fully saturated rings. The van der Waals surface area contributed by atoms with Gasteiger partial charge < -0.3 is 5.73 Å². The van der Waals surface area contributed by atoms with E-state index in [0.29, 0.717) is 12.4 Å². The summed E-state index contributed by atoms with van der Waals surface area (Å²) in [4.78, 5) is 0. The van der Waals surface area contributed by atoms with Crippen LogP contribution in [0.5, 0.6) is 0 Å². The van der Waals surface area contributed by atoms with E-state index < -0.39 is 0 Å². The third-order valence-corrected chi connectivity index (χ3v) is 3.38. The molecule has 4 heteroatoms. The lowest BCUT2D eigenvalue weighted by atomic mass is 9.91. The summed E-state index contributed by atoms with van der Waals surface area (Å²) in [6.07, 6.45) is 0. The molecular weight excluding hydrogens is 236 g/mol. The summed E-state index contributed by atoms with van der Waals surface area (Å²) in [5.41, 5.74) is 10.7. The highest BCUT2D eigenvalue weighted by Gasteiger charge is 2.24. The number of aryl methyl sites for hydroxylation is 2. The maximum atomic E-state index is 5.94. The fraction of sp³-hybridized carbons (Fsp3) is 0.467. The molecule has 0 spiro atoms. The molecule has 0 aliphatic heterocycles. The molecule has 2 rings (SSSR count). The van der Waals surface area contributed by atoms with Crippen molar-refractivity contribution in [1.82, 2.24) is 15.0 Å². The summed E-state index contributed by atoms with van der Waals surface area (Å²) >= 11 is 0. The number of anilines is 1. The van der Waals surface area contributed by atoms with Crippen molar-refractivity contribution in [3.63, 3.8) is 0 Å². The lowest BCUT2D eigenvalue weighted by Crippen LogP contribution is -2.20. The summed E-state index contributed by atoms with van der Waals surface area (Å²) in [5.74, 6) is 0.524. The van der Waals surface area contributed by atoms with Crippen molar-refractivity contribution < 1.29 is 0 Å². The van der Waals surface area contributed by atoms with E-state index in [9.17, 15) is 0 Å². The number of benzene rings is 1. The van der Waals surface area contributed by atoms with Gasteiger partial charge in [0.15, 0.2) is 5.82 Å². The molecule has 0 aliphatic carbocycles. The minimum atomic E-state index is -0.0622. The summed E-state index contributed by atoms with van der Waals surface area (Å²) in [5, 5.41) is 8.18. The Kier molecular flexibility index (Phi) is 3.35. The van der Waals surface area contributed by atoms with Gasteiger partial charge in [-0.1, -0.05) is 44.2 Å². The maximum Gasteiger partial charge on any atom is 0.169 e. The van der Waals surface area contributed by atoms with Crippen molar-refractivity contribution >= 4 is 5.82 Å². The average Bonchev–Trinajstić information content (AvgIpc) is 2.64. The van der Waals surface area contributed by atoms with Gasteiger partial charge in [-0.15, -0.1) is 5.10 Å². The van der Waals surface area contributed by atoms with Crippen molar-refractivity contribution in [2.75, 3.05) is 5.73 Å². The Hall–Kier alpha value is -1.84. The van der Waals surface area contributed by atoms with Crippen molar-refractivity contribution in [2.45, 2.75) is 46.6 Å². The molecule has 4 nitrogen and oxygen atoms in total. The number of nitrogens with zero attached hydrogens (tertiary/aromatic N) is 3. The standard InChI is InChI=1S/C15H22N4/c1-10-6-7-12(8-11(10)2)9-19-13(15(3,4)5)14(16)17-18-19/h6-8H,9,16H2,1-5H3. The van der Waals surface area contributed by atoms with Crippen LogP contribution in [0.2, 0.25) is 0 Å². The van der Waals surface area contributed by atoms with Gasteiger partial charge in [-0.3, -0.25) is 0 Å². The van der Waals surface area contributed by atoms with E-state index >= 15 is 0 Å². The van der Waals surface area contributed by atoms with Crippen molar-refractivity contribution in [3.05, 3.63) is 40.6 Å². The van der Waals surface area contributed by atoms with Gasteiger partial charge in [0.05, 0.1) is 12.2 Å². The molecule has 0 aliphatic rings.